The van der Waals surface area contributed by atoms with E-state index in [4.69, 9.17) is 5.73 Å². The molecule has 0 bridgehead atoms. The van der Waals surface area contributed by atoms with Crippen LogP contribution in [0.4, 0.5) is 0 Å². The van der Waals surface area contributed by atoms with E-state index in [9.17, 15) is 4.79 Å². The van der Waals surface area contributed by atoms with Crippen LogP contribution < -0.4 is 11.1 Å². The van der Waals surface area contributed by atoms with Crippen molar-refractivity contribution in [2.24, 2.45) is 11.1 Å². The van der Waals surface area contributed by atoms with Gasteiger partial charge in [-0.3, -0.25) is 4.79 Å². The molecule has 0 spiro atoms. The van der Waals surface area contributed by atoms with E-state index in [1.54, 1.807) is 0 Å². The zero-order valence-electron chi connectivity index (χ0n) is 12.0. The summed E-state index contributed by atoms with van der Waals surface area (Å²) < 4.78 is 1.03. The molecule has 106 valence electrons. The second kappa shape index (κ2) is 6.53. The Hall–Kier alpha value is -0.870. The molecule has 0 aliphatic heterocycles. The molecule has 0 aliphatic rings. The standard InChI is InChI=1S/C15H23BrN2O/c1-10(11-5-7-12(16)8-6-11)18-14(19)9-13(17)15(2,3)4/h5-8,10,13H,9,17H2,1-4H3,(H,18,19)/t10-,13?/m0/s1. The third kappa shape index (κ3) is 5.33. The summed E-state index contributed by atoms with van der Waals surface area (Å²) in [5.41, 5.74) is 7.05. The van der Waals surface area contributed by atoms with Gasteiger partial charge in [0.2, 0.25) is 5.91 Å². The Balaban J connectivity index is 2.55. The molecule has 0 heterocycles. The van der Waals surface area contributed by atoms with Crippen molar-refractivity contribution in [1.29, 1.82) is 0 Å². The van der Waals surface area contributed by atoms with Gasteiger partial charge in [0, 0.05) is 16.9 Å². The molecule has 0 saturated heterocycles. The molecule has 1 amide bonds. The van der Waals surface area contributed by atoms with Crippen molar-refractivity contribution in [3.63, 3.8) is 0 Å². The second-order valence-corrected chi connectivity index (χ2v) is 6.93. The predicted octanol–water partition coefficient (Wildman–Crippen LogP) is 3.39. The van der Waals surface area contributed by atoms with Gasteiger partial charge in [-0.1, -0.05) is 48.8 Å². The number of rotatable bonds is 4. The first kappa shape index (κ1) is 16.2. The molecule has 19 heavy (non-hydrogen) atoms. The monoisotopic (exact) mass is 326 g/mol. The van der Waals surface area contributed by atoms with E-state index in [2.05, 4.69) is 21.2 Å². The van der Waals surface area contributed by atoms with E-state index in [-0.39, 0.29) is 23.4 Å². The number of amides is 1. The number of benzene rings is 1. The van der Waals surface area contributed by atoms with Crippen LogP contribution >= 0.6 is 15.9 Å². The van der Waals surface area contributed by atoms with E-state index >= 15 is 0 Å². The van der Waals surface area contributed by atoms with E-state index in [1.807, 2.05) is 52.0 Å². The Morgan fingerprint density at radius 1 is 1.32 bits per heavy atom. The molecule has 1 aromatic carbocycles. The van der Waals surface area contributed by atoms with E-state index in [0.29, 0.717) is 6.42 Å². The van der Waals surface area contributed by atoms with Crippen molar-refractivity contribution in [3.8, 4) is 0 Å². The highest BCUT2D eigenvalue weighted by Gasteiger charge is 2.23. The zero-order chi connectivity index (χ0) is 14.6. The van der Waals surface area contributed by atoms with Gasteiger partial charge in [-0.25, -0.2) is 0 Å². The topological polar surface area (TPSA) is 55.1 Å². The van der Waals surface area contributed by atoms with Crippen LogP contribution in [-0.2, 0) is 4.79 Å². The number of nitrogens with two attached hydrogens (primary N) is 1. The van der Waals surface area contributed by atoms with Gasteiger partial charge in [0.15, 0.2) is 0 Å². The van der Waals surface area contributed by atoms with Gasteiger partial charge in [-0.05, 0) is 30.0 Å². The fraction of sp³-hybridized carbons (Fsp3) is 0.533. The molecule has 0 fully saturated rings. The number of hydrogen-bond donors (Lipinski definition) is 2. The summed E-state index contributed by atoms with van der Waals surface area (Å²) in [6.07, 6.45) is 0.352. The fourth-order valence-electron chi connectivity index (χ4n) is 1.64. The van der Waals surface area contributed by atoms with Crippen LogP contribution in [0, 0.1) is 5.41 Å². The van der Waals surface area contributed by atoms with Crippen LogP contribution in [0.25, 0.3) is 0 Å². The van der Waals surface area contributed by atoms with Crippen molar-refractivity contribution in [2.45, 2.75) is 46.2 Å². The number of halogens is 1. The van der Waals surface area contributed by atoms with Crippen molar-refractivity contribution in [1.82, 2.24) is 5.32 Å². The van der Waals surface area contributed by atoms with E-state index in [0.717, 1.165) is 10.0 Å². The normalized spacial score (nSPS) is 14.8. The summed E-state index contributed by atoms with van der Waals surface area (Å²) in [6, 6.07) is 7.80. The molecule has 0 radical (unpaired) electrons. The van der Waals surface area contributed by atoms with Gasteiger partial charge in [-0.15, -0.1) is 0 Å². The maximum absolute atomic E-state index is 12.0. The predicted molar refractivity (Wildman–Crippen MR) is 82.7 cm³/mol. The molecule has 2 atom stereocenters. The molecule has 0 aromatic heterocycles. The Bertz CT molecular complexity index is 423. The molecular weight excluding hydrogens is 304 g/mol. The van der Waals surface area contributed by atoms with Crippen molar-refractivity contribution in [2.75, 3.05) is 0 Å². The van der Waals surface area contributed by atoms with Gasteiger partial charge in [0.25, 0.3) is 0 Å². The van der Waals surface area contributed by atoms with Gasteiger partial charge < -0.3 is 11.1 Å². The maximum atomic E-state index is 12.0. The van der Waals surface area contributed by atoms with Gasteiger partial charge >= 0.3 is 0 Å². The minimum atomic E-state index is -0.135. The molecule has 0 saturated carbocycles. The summed E-state index contributed by atoms with van der Waals surface area (Å²) in [6.45, 7) is 8.11. The number of carbonyl (C=O) groups excluding carboxylic acids is 1. The number of nitrogens with one attached hydrogen (secondary N) is 1. The summed E-state index contributed by atoms with van der Waals surface area (Å²) in [5.74, 6) is -0.00200. The summed E-state index contributed by atoms with van der Waals surface area (Å²) in [5, 5.41) is 2.98. The summed E-state index contributed by atoms with van der Waals surface area (Å²) in [7, 11) is 0. The Labute approximate surface area is 124 Å². The first-order valence-corrected chi connectivity index (χ1v) is 7.30. The largest absolute Gasteiger partial charge is 0.350 e. The van der Waals surface area contributed by atoms with Gasteiger partial charge in [0.1, 0.15) is 0 Å². The first-order valence-electron chi connectivity index (χ1n) is 6.50. The number of hydrogen-bond acceptors (Lipinski definition) is 2. The molecule has 1 rings (SSSR count). The molecule has 1 aromatic rings. The SMILES string of the molecule is C[C@H](NC(=O)CC(N)C(C)(C)C)c1ccc(Br)cc1. The Morgan fingerprint density at radius 2 is 1.84 bits per heavy atom. The van der Waals surface area contributed by atoms with Crippen LogP contribution in [0.1, 0.15) is 45.7 Å². The second-order valence-electron chi connectivity index (χ2n) is 6.02. The lowest BCUT2D eigenvalue weighted by atomic mass is 9.85. The smallest absolute Gasteiger partial charge is 0.222 e. The van der Waals surface area contributed by atoms with Crippen LogP contribution in [0.3, 0.4) is 0 Å². The van der Waals surface area contributed by atoms with Crippen molar-refractivity contribution >= 4 is 21.8 Å². The minimum Gasteiger partial charge on any atom is -0.350 e. The highest BCUT2D eigenvalue weighted by atomic mass is 79.9. The molecule has 3 N–H and O–H groups in total. The third-order valence-electron chi connectivity index (χ3n) is 3.27. The zero-order valence-corrected chi connectivity index (χ0v) is 13.6. The van der Waals surface area contributed by atoms with E-state index < -0.39 is 0 Å². The Morgan fingerprint density at radius 3 is 2.32 bits per heavy atom. The van der Waals surface area contributed by atoms with E-state index in [1.165, 1.54) is 0 Å². The molecule has 1 unspecified atom stereocenters. The van der Waals surface area contributed by atoms with Crippen LogP contribution in [0.2, 0.25) is 0 Å². The molecule has 3 nitrogen and oxygen atoms in total. The average molecular weight is 327 g/mol. The lowest BCUT2D eigenvalue weighted by Gasteiger charge is -2.27. The van der Waals surface area contributed by atoms with Gasteiger partial charge in [0.05, 0.1) is 6.04 Å². The molecule has 4 heteroatoms. The summed E-state index contributed by atoms with van der Waals surface area (Å²) in [4.78, 5) is 12.0. The minimum absolute atomic E-state index is 0.00200. The first-order chi connectivity index (χ1) is 8.70. The van der Waals surface area contributed by atoms with Crippen LogP contribution in [0.15, 0.2) is 28.7 Å². The lowest BCUT2D eigenvalue weighted by Crippen LogP contribution is -2.40. The number of carbonyl (C=O) groups is 1. The maximum Gasteiger partial charge on any atom is 0.222 e. The van der Waals surface area contributed by atoms with Crippen molar-refractivity contribution < 1.29 is 4.79 Å². The van der Waals surface area contributed by atoms with Crippen molar-refractivity contribution in [3.05, 3.63) is 34.3 Å². The summed E-state index contributed by atoms with van der Waals surface area (Å²) >= 11 is 3.40. The fourth-order valence-corrected chi connectivity index (χ4v) is 1.91. The lowest BCUT2D eigenvalue weighted by molar-refractivity contribution is -0.122. The van der Waals surface area contributed by atoms with Gasteiger partial charge in [-0.2, -0.15) is 0 Å². The molecular formula is C15H23BrN2O. The third-order valence-corrected chi connectivity index (χ3v) is 3.79. The quantitative estimate of drug-likeness (QED) is 0.891. The van der Waals surface area contributed by atoms with Crippen LogP contribution in [0.5, 0.6) is 0 Å². The highest BCUT2D eigenvalue weighted by Crippen LogP contribution is 2.20. The highest BCUT2D eigenvalue weighted by molar-refractivity contribution is 9.10. The van der Waals surface area contributed by atoms with Crippen LogP contribution in [-0.4, -0.2) is 11.9 Å². The molecule has 0 aliphatic carbocycles. The average Bonchev–Trinajstić information content (AvgIpc) is 2.28. The Kier molecular flexibility index (Phi) is 5.56.